The number of aromatic nitrogens is 2. The number of carboxylic acids is 1. The van der Waals surface area contributed by atoms with Gasteiger partial charge < -0.3 is 14.8 Å². The second-order valence-electron chi connectivity index (χ2n) is 10.5. The van der Waals surface area contributed by atoms with Gasteiger partial charge in [-0.1, -0.05) is 68.4 Å². The van der Waals surface area contributed by atoms with Crippen LogP contribution >= 0.6 is 11.3 Å². The Morgan fingerprint density at radius 1 is 0.902 bits per heavy atom. The number of carbonyl (C=O) groups is 1. The van der Waals surface area contributed by atoms with Crippen LogP contribution in [0.25, 0.3) is 11.3 Å². The highest BCUT2D eigenvalue weighted by molar-refractivity contribution is 7.10. The summed E-state index contributed by atoms with van der Waals surface area (Å²) in [4.78, 5) is 20.8. The van der Waals surface area contributed by atoms with Crippen LogP contribution in [-0.2, 0) is 29.7 Å². The lowest BCUT2D eigenvalue weighted by molar-refractivity contribution is -0.144. The third kappa shape index (κ3) is 6.60. The van der Waals surface area contributed by atoms with Gasteiger partial charge in [-0.05, 0) is 78.3 Å². The fraction of sp³-hybridized carbons (Fsp3) is 0.257. The molecule has 41 heavy (non-hydrogen) atoms. The predicted molar refractivity (Wildman–Crippen MR) is 166 cm³/mol. The van der Waals surface area contributed by atoms with Gasteiger partial charge in [-0.3, -0.25) is 4.79 Å². The number of nitrogens with one attached hydrogen (secondary N) is 1. The number of nitrogens with zero attached hydrogens (tertiary/aromatic N) is 1. The van der Waals surface area contributed by atoms with E-state index < -0.39 is 11.4 Å². The number of hydrogen-bond acceptors (Lipinski definition) is 4. The highest BCUT2D eigenvalue weighted by Crippen LogP contribution is 2.35. The molecule has 6 heteroatoms. The van der Waals surface area contributed by atoms with Crippen LogP contribution < -0.4 is 4.74 Å². The van der Waals surface area contributed by atoms with Crippen molar-refractivity contribution in [1.29, 1.82) is 0 Å². The number of aliphatic carboxylic acids is 1. The maximum atomic E-state index is 12.8. The van der Waals surface area contributed by atoms with Crippen LogP contribution in [0.2, 0.25) is 0 Å². The van der Waals surface area contributed by atoms with Crippen molar-refractivity contribution in [3.8, 4) is 17.0 Å². The molecule has 5 rings (SSSR count). The number of carboxylic acid groups (broad SMARTS) is 1. The zero-order valence-electron chi connectivity index (χ0n) is 23.5. The minimum atomic E-state index is -1.15. The molecule has 0 saturated carbocycles. The molecule has 1 unspecified atom stereocenters. The first-order valence-electron chi connectivity index (χ1n) is 14.2. The molecule has 0 saturated heterocycles. The monoisotopic (exact) mass is 564 g/mol. The van der Waals surface area contributed by atoms with Crippen LogP contribution in [0.4, 0.5) is 0 Å². The largest absolute Gasteiger partial charge is 0.489 e. The van der Waals surface area contributed by atoms with Crippen LogP contribution in [0, 0.1) is 0 Å². The molecule has 1 atom stereocenters. The normalized spacial score (nSPS) is 12.8. The van der Waals surface area contributed by atoms with E-state index in [1.54, 1.807) is 6.20 Å². The number of hydrogen-bond donors (Lipinski definition) is 2. The summed E-state index contributed by atoms with van der Waals surface area (Å²) in [6, 6.07) is 30.1. The second kappa shape index (κ2) is 13.0. The Morgan fingerprint density at radius 3 is 2.27 bits per heavy atom. The van der Waals surface area contributed by atoms with Crippen LogP contribution in [0.15, 0.2) is 103 Å². The second-order valence-corrected chi connectivity index (χ2v) is 11.4. The van der Waals surface area contributed by atoms with Gasteiger partial charge in [-0.25, -0.2) is 4.98 Å². The Balaban J connectivity index is 1.28. The minimum Gasteiger partial charge on any atom is -0.489 e. The van der Waals surface area contributed by atoms with Crippen LogP contribution in [-0.4, -0.2) is 21.0 Å². The van der Waals surface area contributed by atoms with E-state index >= 15 is 0 Å². The lowest BCUT2D eigenvalue weighted by atomic mass is 9.76. The van der Waals surface area contributed by atoms with Gasteiger partial charge in [0, 0.05) is 29.3 Å². The van der Waals surface area contributed by atoms with E-state index in [9.17, 15) is 9.90 Å². The first-order valence-corrected chi connectivity index (χ1v) is 15.1. The van der Waals surface area contributed by atoms with Gasteiger partial charge >= 0.3 is 5.97 Å². The zero-order valence-corrected chi connectivity index (χ0v) is 24.4. The summed E-state index contributed by atoms with van der Waals surface area (Å²) >= 11 is 1.49. The standard InChI is InChI=1S/C35H36N2O3S/c1-3-27(4-2)28-14-12-26(13-15-28)23-40-30-18-16-29(17-19-30)31-24-41-33(37-31)22-35(34(38)39,32-11-8-20-36-32)21-25-9-6-5-7-10-25/h5-20,24,27,36H,3-4,21-23H2,1-2H3,(H,38,39). The molecule has 2 heterocycles. The average molecular weight is 565 g/mol. The van der Waals surface area contributed by atoms with E-state index in [4.69, 9.17) is 9.72 Å². The number of thiazole rings is 1. The molecule has 5 nitrogen and oxygen atoms in total. The van der Waals surface area contributed by atoms with Crippen LogP contribution in [0.3, 0.4) is 0 Å². The van der Waals surface area contributed by atoms with Crippen molar-refractivity contribution in [1.82, 2.24) is 9.97 Å². The number of benzene rings is 3. The highest BCUT2D eigenvalue weighted by atomic mass is 32.1. The predicted octanol–water partition coefficient (Wildman–Crippen LogP) is 8.43. The average Bonchev–Trinajstić information content (AvgIpc) is 3.71. The van der Waals surface area contributed by atoms with Crippen molar-refractivity contribution in [2.24, 2.45) is 0 Å². The van der Waals surface area contributed by atoms with Crippen molar-refractivity contribution < 1.29 is 14.6 Å². The summed E-state index contributed by atoms with van der Waals surface area (Å²) in [7, 11) is 0. The summed E-state index contributed by atoms with van der Waals surface area (Å²) in [5, 5.41) is 13.3. The molecule has 3 aromatic carbocycles. The lowest BCUT2D eigenvalue weighted by Gasteiger charge is -2.28. The van der Waals surface area contributed by atoms with Gasteiger partial charge in [0.15, 0.2) is 0 Å². The van der Waals surface area contributed by atoms with Gasteiger partial charge in [0.1, 0.15) is 17.8 Å². The van der Waals surface area contributed by atoms with Crippen LogP contribution in [0.5, 0.6) is 5.75 Å². The molecule has 2 N–H and O–H groups in total. The first kappa shape index (κ1) is 28.4. The summed E-state index contributed by atoms with van der Waals surface area (Å²) in [6.07, 6.45) is 4.74. The van der Waals surface area contributed by atoms with Gasteiger partial charge in [0.25, 0.3) is 0 Å². The van der Waals surface area contributed by atoms with Gasteiger partial charge in [-0.2, -0.15) is 0 Å². The summed E-state index contributed by atoms with van der Waals surface area (Å²) in [5.74, 6) is 0.543. The molecule has 2 aromatic heterocycles. The van der Waals surface area contributed by atoms with Crippen molar-refractivity contribution in [2.45, 2.75) is 57.5 Å². The molecule has 210 valence electrons. The van der Waals surface area contributed by atoms with E-state index in [0.29, 0.717) is 31.1 Å². The summed E-state index contributed by atoms with van der Waals surface area (Å²) < 4.78 is 6.04. The van der Waals surface area contributed by atoms with E-state index in [0.717, 1.165) is 46.0 Å². The van der Waals surface area contributed by atoms with Crippen molar-refractivity contribution in [2.75, 3.05) is 0 Å². The molecular formula is C35H36N2O3S. The molecule has 0 spiro atoms. The molecule has 0 radical (unpaired) electrons. The quantitative estimate of drug-likeness (QED) is 0.150. The third-order valence-electron chi connectivity index (χ3n) is 7.87. The zero-order chi connectivity index (χ0) is 28.7. The molecule has 0 aliphatic carbocycles. The lowest BCUT2D eigenvalue weighted by Crippen LogP contribution is -2.40. The van der Waals surface area contributed by atoms with Gasteiger partial charge in [0.05, 0.1) is 10.7 Å². The van der Waals surface area contributed by atoms with Gasteiger partial charge in [0.2, 0.25) is 0 Å². The molecule has 0 aliphatic rings. The molecule has 0 bridgehead atoms. The Labute approximate surface area is 245 Å². The van der Waals surface area contributed by atoms with Crippen molar-refractivity contribution in [3.05, 3.63) is 130 Å². The fourth-order valence-corrected chi connectivity index (χ4v) is 6.33. The Kier molecular flexibility index (Phi) is 9.00. The number of H-pyrrole nitrogens is 1. The Bertz CT molecular complexity index is 1520. The highest BCUT2D eigenvalue weighted by Gasteiger charge is 2.42. The Morgan fingerprint density at radius 2 is 1.63 bits per heavy atom. The SMILES string of the molecule is CCC(CC)c1ccc(COc2ccc(-c3csc(CC(Cc4ccccc4)(C(=O)O)c4ccc[nH]4)n3)cc2)cc1. The maximum absolute atomic E-state index is 12.8. The van der Waals surface area contributed by atoms with E-state index in [-0.39, 0.29) is 0 Å². The molecule has 0 amide bonds. The smallest absolute Gasteiger partial charge is 0.316 e. The maximum Gasteiger partial charge on any atom is 0.316 e. The number of ether oxygens (including phenoxy) is 1. The van der Waals surface area contributed by atoms with E-state index in [1.807, 2.05) is 72.1 Å². The molecular weight excluding hydrogens is 528 g/mol. The molecule has 0 fully saturated rings. The fourth-order valence-electron chi connectivity index (χ4n) is 5.41. The molecule has 5 aromatic rings. The number of rotatable bonds is 13. The first-order chi connectivity index (χ1) is 20.0. The van der Waals surface area contributed by atoms with Crippen molar-refractivity contribution >= 4 is 17.3 Å². The third-order valence-corrected chi connectivity index (χ3v) is 8.72. The number of aromatic amines is 1. The topological polar surface area (TPSA) is 75.2 Å². The summed E-state index contributed by atoms with van der Waals surface area (Å²) in [6.45, 7) is 4.99. The minimum absolute atomic E-state index is 0.291. The van der Waals surface area contributed by atoms with E-state index in [2.05, 4.69) is 43.1 Å². The van der Waals surface area contributed by atoms with E-state index in [1.165, 1.54) is 16.9 Å². The Hall–Kier alpha value is -4.16. The van der Waals surface area contributed by atoms with Crippen LogP contribution in [0.1, 0.15) is 60.0 Å². The summed E-state index contributed by atoms with van der Waals surface area (Å²) in [5.41, 5.74) is 4.84. The molecule has 0 aliphatic heterocycles. The van der Waals surface area contributed by atoms with Gasteiger partial charge in [-0.15, -0.1) is 11.3 Å². The van der Waals surface area contributed by atoms with Crippen molar-refractivity contribution in [3.63, 3.8) is 0 Å².